The van der Waals surface area contributed by atoms with Crippen molar-refractivity contribution >= 4 is 21.9 Å². The van der Waals surface area contributed by atoms with Gasteiger partial charge in [-0.05, 0) is 52.4 Å². The van der Waals surface area contributed by atoms with Crippen molar-refractivity contribution in [3.05, 3.63) is 34.1 Å². The number of carbonyl (C=O) groups excluding carboxylic acids is 1. The molecule has 0 radical (unpaired) electrons. The van der Waals surface area contributed by atoms with E-state index in [-0.39, 0.29) is 23.6 Å². The fourth-order valence-corrected chi connectivity index (χ4v) is 2.26. The third-order valence-corrected chi connectivity index (χ3v) is 3.73. The van der Waals surface area contributed by atoms with Gasteiger partial charge in [-0.25, -0.2) is 4.39 Å². The summed E-state index contributed by atoms with van der Waals surface area (Å²) in [4.78, 5) is 11.2. The lowest BCUT2D eigenvalue weighted by Gasteiger charge is -2.33. The molecule has 0 atom stereocenters. The molecule has 1 aliphatic carbocycles. The van der Waals surface area contributed by atoms with Crippen LogP contribution in [0.25, 0.3) is 0 Å². The lowest BCUT2D eigenvalue weighted by molar-refractivity contribution is -0.148. The van der Waals surface area contributed by atoms with Crippen molar-refractivity contribution in [2.75, 3.05) is 7.11 Å². The van der Waals surface area contributed by atoms with E-state index in [4.69, 9.17) is 0 Å². The van der Waals surface area contributed by atoms with Gasteiger partial charge in [0, 0.05) is 0 Å². The summed E-state index contributed by atoms with van der Waals surface area (Å²) in [6.07, 6.45) is 1.52. The normalized spacial score (nSPS) is 23.7. The van der Waals surface area contributed by atoms with Crippen LogP contribution in [0.2, 0.25) is 0 Å². The second kappa shape index (κ2) is 4.53. The zero-order chi connectivity index (χ0) is 11.7. The Morgan fingerprint density at radius 2 is 2.19 bits per heavy atom. The van der Waals surface area contributed by atoms with Gasteiger partial charge in [-0.15, -0.1) is 0 Å². The van der Waals surface area contributed by atoms with Gasteiger partial charge in [-0.2, -0.15) is 0 Å². The standard InChI is InChI=1S/C12H12BrFO2/c1-16-12(15)9-4-8(5-9)7-2-3-10(13)11(14)6-7/h2-3,6,8-9H,4-5H2,1H3. The van der Waals surface area contributed by atoms with Crippen LogP contribution in [0, 0.1) is 11.7 Å². The average molecular weight is 287 g/mol. The van der Waals surface area contributed by atoms with Crippen molar-refractivity contribution in [3.63, 3.8) is 0 Å². The van der Waals surface area contributed by atoms with Crippen LogP contribution in [-0.4, -0.2) is 13.1 Å². The highest BCUT2D eigenvalue weighted by Crippen LogP contribution is 2.42. The summed E-state index contributed by atoms with van der Waals surface area (Å²) in [5.74, 6) is -0.138. The Labute approximate surface area is 102 Å². The number of benzene rings is 1. The molecule has 0 bridgehead atoms. The van der Waals surface area contributed by atoms with Crippen molar-refractivity contribution in [1.29, 1.82) is 0 Å². The van der Waals surface area contributed by atoms with Crippen molar-refractivity contribution in [1.82, 2.24) is 0 Å². The van der Waals surface area contributed by atoms with E-state index in [0.717, 1.165) is 18.4 Å². The van der Waals surface area contributed by atoms with E-state index < -0.39 is 0 Å². The third-order valence-electron chi connectivity index (χ3n) is 3.09. The van der Waals surface area contributed by atoms with Gasteiger partial charge in [0.15, 0.2) is 0 Å². The van der Waals surface area contributed by atoms with Crippen LogP contribution in [0.4, 0.5) is 4.39 Å². The van der Waals surface area contributed by atoms with Crippen LogP contribution < -0.4 is 0 Å². The largest absolute Gasteiger partial charge is 0.469 e. The summed E-state index contributed by atoms with van der Waals surface area (Å²) in [6, 6.07) is 5.13. The van der Waals surface area contributed by atoms with Gasteiger partial charge in [-0.1, -0.05) is 6.07 Å². The van der Waals surface area contributed by atoms with Gasteiger partial charge in [0.05, 0.1) is 17.5 Å². The van der Waals surface area contributed by atoms with E-state index in [9.17, 15) is 9.18 Å². The zero-order valence-corrected chi connectivity index (χ0v) is 10.5. The molecule has 16 heavy (non-hydrogen) atoms. The Bertz CT molecular complexity index is 413. The first-order valence-corrected chi connectivity index (χ1v) is 5.94. The molecule has 0 N–H and O–H groups in total. The second-order valence-electron chi connectivity index (χ2n) is 4.06. The summed E-state index contributed by atoms with van der Waals surface area (Å²) in [5.41, 5.74) is 0.959. The number of hydrogen-bond donors (Lipinski definition) is 0. The first-order chi connectivity index (χ1) is 7.61. The minimum Gasteiger partial charge on any atom is -0.469 e. The number of rotatable bonds is 2. The van der Waals surface area contributed by atoms with E-state index >= 15 is 0 Å². The Morgan fingerprint density at radius 3 is 2.75 bits per heavy atom. The zero-order valence-electron chi connectivity index (χ0n) is 8.87. The molecule has 0 unspecified atom stereocenters. The SMILES string of the molecule is COC(=O)C1CC(c2ccc(Br)c(F)c2)C1. The molecule has 4 heteroatoms. The van der Waals surface area contributed by atoms with Crippen molar-refractivity contribution in [3.8, 4) is 0 Å². The number of esters is 1. The number of carbonyl (C=O) groups is 1. The first kappa shape index (κ1) is 11.6. The molecule has 0 heterocycles. The van der Waals surface area contributed by atoms with E-state index in [1.165, 1.54) is 13.2 Å². The number of hydrogen-bond acceptors (Lipinski definition) is 2. The van der Waals surface area contributed by atoms with Gasteiger partial charge in [0.25, 0.3) is 0 Å². The van der Waals surface area contributed by atoms with Gasteiger partial charge in [-0.3, -0.25) is 4.79 Å². The molecule has 1 saturated carbocycles. The minimum absolute atomic E-state index is 0.0123. The topological polar surface area (TPSA) is 26.3 Å². The summed E-state index contributed by atoms with van der Waals surface area (Å²) >= 11 is 3.12. The molecule has 0 aliphatic heterocycles. The van der Waals surface area contributed by atoms with Crippen molar-refractivity contribution in [2.45, 2.75) is 18.8 Å². The highest BCUT2D eigenvalue weighted by Gasteiger charge is 2.36. The molecule has 1 aromatic rings. The van der Waals surface area contributed by atoms with Gasteiger partial charge >= 0.3 is 5.97 Å². The fraction of sp³-hybridized carbons (Fsp3) is 0.417. The average Bonchev–Trinajstić information content (AvgIpc) is 2.21. The fourth-order valence-electron chi connectivity index (χ4n) is 2.02. The van der Waals surface area contributed by atoms with Crippen LogP contribution in [0.3, 0.4) is 0 Å². The predicted molar refractivity (Wildman–Crippen MR) is 61.6 cm³/mol. The summed E-state index contributed by atoms with van der Waals surface area (Å²) in [6.45, 7) is 0. The molecule has 1 aliphatic rings. The first-order valence-electron chi connectivity index (χ1n) is 5.14. The Balaban J connectivity index is 2.01. The quantitative estimate of drug-likeness (QED) is 0.780. The van der Waals surface area contributed by atoms with E-state index in [2.05, 4.69) is 20.7 Å². The maximum absolute atomic E-state index is 13.3. The molecule has 1 aromatic carbocycles. The molecule has 0 saturated heterocycles. The van der Waals surface area contributed by atoms with E-state index in [1.54, 1.807) is 6.07 Å². The van der Waals surface area contributed by atoms with Crippen LogP contribution >= 0.6 is 15.9 Å². The monoisotopic (exact) mass is 286 g/mol. The molecule has 2 rings (SSSR count). The number of halogens is 2. The lowest BCUT2D eigenvalue weighted by atomic mass is 9.71. The van der Waals surface area contributed by atoms with E-state index in [1.807, 2.05) is 6.07 Å². The smallest absolute Gasteiger partial charge is 0.308 e. The van der Waals surface area contributed by atoms with Crippen molar-refractivity contribution in [2.24, 2.45) is 5.92 Å². The maximum Gasteiger partial charge on any atom is 0.308 e. The molecule has 0 aromatic heterocycles. The van der Waals surface area contributed by atoms with E-state index in [0.29, 0.717) is 4.47 Å². The van der Waals surface area contributed by atoms with Crippen LogP contribution in [0.15, 0.2) is 22.7 Å². The molecule has 0 amide bonds. The Morgan fingerprint density at radius 1 is 1.50 bits per heavy atom. The molecule has 1 fully saturated rings. The molecule has 0 spiro atoms. The summed E-state index contributed by atoms with van der Waals surface area (Å²) in [7, 11) is 1.40. The maximum atomic E-state index is 13.3. The highest BCUT2D eigenvalue weighted by atomic mass is 79.9. The number of methoxy groups -OCH3 is 1. The molecule has 2 nitrogen and oxygen atoms in total. The minimum atomic E-state index is -0.251. The molecular weight excluding hydrogens is 275 g/mol. The molecule has 86 valence electrons. The van der Waals surface area contributed by atoms with Gasteiger partial charge < -0.3 is 4.74 Å². The van der Waals surface area contributed by atoms with Crippen LogP contribution in [-0.2, 0) is 9.53 Å². The van der Waals surface area contributed by atoms with Crippen LogP contribution in [0.1, 0.15) is 24.3 Å². The predicted octanol–water partition coefficient (Wildman–Crippen LogP) is 3.25. The van der Waals surface area contributed by atoms with Gasteiger partial charge in [0.2, 0.25) is 0 Å². The summed E-state index contributed by atoms with van der Waals surface area (Å²) in [5, 5.41) is 0. The number of ether oxygens (including phenoxy) is 1. The summed E-state index contributed by atoms with van der Waals surface area (Å²) < 4.78 is 18.4. The lowest BCUT2D eigenvalue weighted by Crippen LogP contribution is -2.29. The van der Waals surface area contributed by atoms with Crippen LogP contribution in [0.5, 0.6) is 0 Å². The second-order valence-corrected chi connectivity index (χ2v) is 4.92. The van der Waals surface area contributed by atoms with Gasteiger partial charge in [0.1, 0.15) is 5.82 Å². The Hall–Kier alpha value is -0.900. The molecular formula is C12H12BrFO2. The highest BCUT2D eigenvalue weighted by molar-refractivity contribution is 9.10. The third kappa shape index (κ3) is 2.12. The Kier molecular flexibility index (Phi) is 3.28. The van der Waals surface area contributed by atoms with Crippen molar-refractivity contribution < 1.29 is 13.9 Å².